The quantitative estimate of drug-likeness (QED) is 0.293. The molecule has 37 heavy (non-hydrogen) atoms. The first-order valence-corrected chi connectivity index (χ1v) is 13.6. The van der Waals surface area contributed by atoms with Gasteiger partial charge in [-0.25, -0.2) is 4.98 Å². The summed E-state index contributed by atoms with van der Waals surface area (Å²) >= 11 is 1.67. The number of rotatable bonds is 8. The highest BCUT2D eigenvalue weighted by atomic mass is 32.1. The van der Waals surface area contributed by atoms with E-state index in [4.69, 9.17) is 23.9 Å². The number of thiophene rings is 1. The van der Waals surface area contributed by atoms with E-state index in [0.717, 1.165) is 52.1 Å². The number of fused-ring (bicyclic) bond motifs is 3. The molecule has 2 aromatic heterocycles. The van der Waals surface area contributed by atoms with Crippen molar-refractivity contribution in [3.05, 3.63) is 62.8 Å². The van der Waals surface area contributed by atoms with Gasteiger partial charge in [-0.05, 0) is 74.6 Å². The average molecular weight is 521 g/mol. The predicted molar refractivity (Wildman–Crippen MR) is 147 cm³/mol. The zero-order valence-electron chi connectivity index (χ0n) is 21.5. The van der Waals surface area contributed by atoms with Gasteiger partial charge in [-0.15, -0.1) is 11.3 Å². The van der Waals surface area contributed by atoms with Crippen LogP contribution in [-0.2, 0) is 19.4 Å². The Bertz CT molecular complexity index is 1460. The second kappa shape index (κ2) is 11.3. The number of nitrogens with one attached hydrogen (secondary N) is 1. The molecule has 5 rings (SSSR count). The fourth-order valence-electron chi connectivity index (χ4n) is 4.85. The van der Waals surface area contributed by atoms with E-state index < -0.39 is 0 Å². The Morgan fingerprint density at radius 1 is 0.919 bits per heavy atom. The van der Waals surface area contributed by atoms with E-state index in [-0.39, 0.29) is 12.2 Å². The minimum absolute atomic E-state index is 0.0681. The number of benzene rings is 2. The number of H-pyrrole nitrogens is 1. The predicted octanol–water partition coefficient (Wildman–Crippen LogP) is 6.31. The van der Waals surface area contributed by atoms with Crippen molar-refractivity contribution < 1.29 is 18.9 Å². The first-order chi connectivity index (χ1) is 18.1. The molecule has 8 heteroatoms. The van der Waals surface area contributed by atoms with Crippen LogP contribution in [0.5, 0.6) is 23.0 Å². The van der Waals surface area contributed by atoms with Gasteiger partial charge in [0.05, 0.1) is 26.2 Å². The lowest BCUT2D eigenvalue weighted by molar-refractivity contribution is 0.264. The maximum Gasteiger partial charge on any atom is 0.260 e. The van der Waals surface area contributed by atoms with Gasteiger partial charge in [0.1, 0.15) is 28.8 Å². The monoisotopic (exact) mass is 520 g/mol. The van der Waals surface area contributed by atoms with E-state index in [2.05, 4.69) is 4.98 Å². The van der Waals surface area contributed by atoms with Gasteiger partial charge < -0.3 is 23.9 Å². The number of hydrogen-bond donors (Lipinski definition) is 1. The molecular formula is C29H32N2O5S. The van der Waals surface area contributed by atoms with Crippen LogP contribution in [0.4, 0.5) is 0 Å². The molecular weight excluding hydrogens is 488 g/mol. The number of aryl methyl sites for hydroxylation is 2. The van der Waals surface area contributed by atoms with E-state index in [1.54, 1.807) is 25.6 Å². The third-order valence-corrected chi connectivity index (χ3v) is 7.90. The maximum atomic E-state index is 13.2. The molecule has 2 heterocycles. The van der Waals surface area contributed by atoms with Crippen LogP contribution in [0, 0.1) is 0 Å². The summed E-state index contributed by atoms with van der Waals surface area (Å²) in [6.07, 6.45) is 6.76. The van der Waals surface area contributed by atoms with Gasteiger partial charge in [-0.2, -0.15) is 0 Å². The van der Waals surface area contributed by atoms with Crippen molar-refractivity contribution in [3.63, 3.8) is 0 Å². The fraction of sp³-hybridized carbons (Fsp3) is 0.379. The molecule has 7 nitrogen and oxygen atoms in total. The number of ether oxygens (including phenoxy) is 4. The number of nitrogens with zero attached hydrogens (tertiary/aromatic N) is 1. The highest BCUT2D eigenvalue weighted by Gasteiger charge is 2.19. The molecule has 0 aliphatic heterocycles. The Morgan fingerprint density at radius 3 is 2.51 bits per heavy atom. The molecule has 1 aliphatic carbocycles. The lowest BCUT2D eigenvalue weighted by Crippen LogP contribution is -2.10. The van der Waals surface area contributed by atoms with Crippen molar-refractivity contribution >= 4 is 21.6 Å². The molecule has 2 aromatic carbocycles. The van der Waals surface area contributed by atoms with Gasteiger partial charge >= 0.3 is 0 Å². The van der Waals surface area contributed by atoms with Gasteiger partial charge in [-0.3, -0.25) is 4.79 Å². The standard InChI is InChI=1S/C29H32N2O5S/c1-4-35-24-16-18(11-13-23(24)36-17-19-15-20(33-2)12-14-22(19)34-3)27-30-28(32)26-21-9-7-5-6-8-10-25(21)37-29(26)31-27/h11-16H,4-10,17H2,1-3H3,(H,30,31,32). The van der Waals surface area contributed by atoms with Crippen LogP contribution < -0.4 is 24.5 Å². The van der Waals surface area contributed by atoms with Crippen LogP contribution in [0.25, 0.3) is 21.6 Å². The van der Waals surface area contributed by atoms with Crippen LogP contribution in [0.3, 0.4) is 0 Å². The lowest BCUT2D eigenvalue weighted by atomic mass is 9.98. The fourth-order valence-corrected chi connectivity index (χ4v) is 6.11. The van der Waals surface area contributed by atoms with E-state index in [9.17, 15) is 4.79 Å². The molecule has 0 atom stereocenters. The zero-order valence-corrected chi connectivity index (χ0v) is 22.3. The van der Waals surface area contributed by atoms with Gasteiger partial charge in [0, 0.05) is 16.0 Å². The average Bonchev–Trinajstić information content (AvgIpc) is 3.24. The van der Waals surface area contributed by atoms with Gasteiger partial charge in [0.15, 0.2) is 11.5 Å². The third kappa shape index (κ3) is 5.30. The smallest absolute Gasteiger partial charge is 0.260 e. The molecule has 0 unspecified atom stereocenters. The summed E-state index contributed by atoms with van der Waals surface area (Å²) in [5.74, 6) is 3.16. The molecule has 0 bridgehead atoms. The SMILES string of the molecule is CCOc1cc(-c2nc3sc4c(c3c(=O)[nH]2)CCCCCC4)ccc1OCc1cc(OC)ccc1OC. The minimum atomic E-state index is -0.0681. The second-order valence-corrected chi connectivity index (χ2v) is 10.2. The van der Waals surface area contributed by atoms with Crippen molar-refractivity contribution in [1.29, 1.82) is 0 Å². The lowest BCUT2D eigenvalue weighted by Gasteiger charge is -2.15. The molecule has 194 valence electrons. The Labute approximate surface area is 220 Å². The van der Waals surface area contributed by atoms with E-state index >= 15 is 0 Å². The second-order valence-electron chi connectivity index (χ2n) is 9.07. The summed E-state index contributed by atoms with van der Waals surface area (Å²) in [6.45, 7) is 2.68. The zero-order chi connectivity index (χ0) is 25.8. The van der Waals surface area contributed by atoms with Crippen molar-refractivity contribution in [2.75, 3.05) is 20.8 Å². The van der Waals surface area contributed by atoms with E-state index in [0.29, 0.717) is 23.9 Å². The Kier molecular flexibility index (Phi) is 7.65. The van der Waals surface area contributed by atoms with Crippen LogP contribution in [0.15, 0.2) is 41.2 Å². The maximum absolute atomic E-state index is 13.2. The van der Waals surface area contributed by atoms with Crippen molar-refractivity contribution in [1.82, 2.24) is 9.97 Å². The Hall–Kier alpha value is -3.52. The van der Waals surface area contributed by atoms with Crippen LogP contribution in [0.1, 0.15) is 48.6 Å². The number of aromatic nitrogens is 2. The molecule has 1 N–H and O–H groups in total. The first kappa shape index (κ1) is 25.1. The molecule has 4 aromatic rings. The summed E-state index contributed by atoms with van der Waals surface area (Å²) in [4.78, 5) is 23.2. The molecule has 0 amide bonds. The summed E-state index contributed by atoms with van der Waals surface area (Å²) in [6, 6.07) is 11.2. The van der Waals surface area contributed by atoms with Crippen molar-refractivity contribution in [3.8, 4) is 34.4 Å². The highest BCUT2D eigenvalue weighted by molar-refractivity contribution is 7.18. The normalized spacial score (nSPS) is 13.5. The molecule has 0 saturated heterocycles. The van der Waals surface area contributed by atoms with E-state index in [1.165, 1.54) is 29.7 Å². The summed E-state index contributed by atoms with van der Waals surface area (Å²) < 4.78 is 22.8. The molecule has 0 spiro atoms. The first-order valence-electron chi connectivity index (χ1n) is 12.8. The minimum Gasteiger partial charge on any atom is -0.497 e. The van der Waals surface area contributed by atoms with Crippen LogP contribution in [0.2, 0.25) is 0 Å². The van der Waals surface area contributed by atoms with Crippen molar-refractivity contribution in [2.24, 2.45) is 0 Å². The summed E-state index contributed by atoms with van der Waals surface area (Å²) in [5.41, 5.74) is 2.76. The number of methoxy groups -OCH3 is 2. The molecule has 1 aliphatic rings. The van der Waals surface area contributed by atoms with Crippen LogP contribution in [-0.4, -0.2) is 30.8 Å². The molecule has 0 fully saturated rings. The van der Waals surface area contributed by atoms with Crippen molar-refractivity contribution in [2.45, 2.75) is 52.1 Å². The Morgan fingerprint density at radius 2 is 1.73 bits per heavy atom. The molecule has 0 radical (unpaired) electrons. The largest absolute Gasteiger partial charge is 0.497 e. The summed E-state index contributed by atoms with van der Waals surface area (Å²) in [7, 11) is 3.26. The van der Waals surface area contributed by atoms with E-state index in [1.807, 2.05) is 43.3 Å². The van der Waals surface area contributed by atoms with Gasteiger partial charge in [0.25, 0.3) is 5.56 Å². The highest BCUT2D eigenvalue weighted by Crippen LogP contribution is 2.36. The molecule has 0 saturated carbocycles. The van der Waals surface area contributed by atoms with Crippen LogP contribution >= 0.6 is 11.3 Å². The Balaban J connectivity index is 1.46. The summed E-state index contributed by atoms with van der Waals surface area (Å²) in [5, 5.41) is 0.767. The van der Waals surface area contributed by atoms with Gasteiger partial charge in [0.2, 0.25) is 0 Å². The van der Waals surface area contributed by atoms with Gasteiger partial charge in [-0.1, -0.05) is 12.8 Å². The number of aromatic amines is 1. The number of hydrogen-bond acceptors (Lipinski definition) is 7. The third-order valence-electron chi connectivity index (χ3n) is 6.71. The topological polar surface area (TPSA) is 82.7 Å².